The van der Waals surface area contributed by atoms with Crippen molar-refractivity contribution in [3.63, 3.8) is 0 Å². The largest absolute Gasteiger partial charge is 0.300 e. The zero-order valence-corrected chi connectivity index (χ0v) is 28.9. The Kier molecular flexibility index (Phi) is 19.7. The van der Waals surface area contributed by atoms with E-state index in [-0.39, 0.29) is 36.5 Å². The number of rotatable bonds is 17. The van der Waals surface area contributed by atoms with E-state index in [0.717, 1.165) is 70.6 Å². The number of hydrogen-bond acceptors (Lipinski definition) is 4. The quantitative estimate of drug-likeness (QED) is 0.130. The molecular weight excluding hydrogens is 544 g/mol. The molecule has 0 bridgehead atoms. The Labute approximate surface area is 271 Å². The van der Waals surface area contributed by atoms with E-state index in [4.69, 9.17) is 0 Å². The lowest BCUT2D eigenvalue weighted by molar-refractivity contribution is -0.132. The topological polar surface area (TPSA) is 68.3 Å². The highest BCUT2D eigenvalue weighted by molar-refractivity contribution is 5.92. The van der Waals surface area contributed by atoms with Gasteiger partial charge < -0.3 is 4.79 Å². The molecule has 0 aromatic heterocycles. The molecule has 1 aromatic carbocycles. The van der Waals surface area contributed by atoms with E-state index in [1.165, 1.54) is 30.1 Å². The first-order valence-corrected chi connectivity index (χ1v) is 17.5. The van der Waals surface area contributed by atoms with Gasteiger partial charge in [0, 0.05) is 38.4 Å². The zero-order chi connectivity index (χ0) is 33.1. The molecule has 0 amide bonds. The van der Waals surface area contributed by atoms with Crippen molar-refractivity contribution in [1.82, 2.24) is 0 Å². The first-order chi connectivity index (χ1) is 21.0. The maximum absolute atomic E-state index is 12.4. The second kappa shape index (κ2) is 22.0. The van der Waals surface area contributed by atoms with Crippen molar-refractivity contribution in [3.05, 3.63) is 60.2 Å². The Morgan fingerprint density at radius 3 is 1.82 bits per heavy atom. The third kappa shape index (κ3) is 14.0. The van der Waals surface area contributed by atoms with Crippen LogP contribution in [0.1, 0.15) is 138 Å². The molecular formula is C40H64O4. The summed E-state index contributed by atoms with van der Waals surface area (Å²) in [6.45, 7) is 19.9. The van der Waals surface area contributed by atoms with Gasteiger partial charge in [-0.25, -0.2) is 0 Å². The van der Waals surface area contributed by atoms with Crippen molar-refractivity contribution in [1.29, 1.82) is 0 Å². The summed E-state index contributed by atoms with van der Waals surface area (Å²) in [6.07, 6.45) is 13.4. The molecule has 248 valence electrons. The molecule has 5 unspecified atom stereocenters. The number of Topliss-reactive ketones (excluding diaryl/α,β-unsaturated/α-hetero) is 4. The van der Waals surface area contributed by atoms with E-state index in [1.54, 1.807) is 6.92 Å². The van der Waals surface area contributed by atoms with E-state index in [2.05, 4.69) is 51.3 Å². The SMILES string of the molecule is C=C(C(C)Cc1ccccc1)C1CCCC1C(C)=O.C=C(CC)CCCCCC(=O)C1CCCC1C(=O)CCC(C)=O.CC.[HH]. The molecule has 5 atom stereocenters. The Balaban J connectivity index is 0.000000809. The smallest absolute Gasteiger partial charge is 0.137 e. The summed E-state index contributed by atoms with van der Waals surface area (Å²) in [6, 6.07) is 10.5. The van der Waals surface area contributed by atoms with Crippen LogP contribution in [0.15, 0.2) is 54.6 Å². The molecule has 0 saturated heterocycles. The summed E-state index contributed by atoms with van der Waals surface area (Å²) < 4.78 is 0. The fraction of sp³-hybridized carbons (Fsp3) is 0.650. The van der Waals surface area contributed by atoms with Gasteiger partial charge in [0.1, 0.15) is 23.1 Å². The molecule has 1 aromatic rings. The fourth-order valence-electron chi connectivity index (χ4n) is 6.78. The minimum Gasteiger partial charge on any atom is -0.300 e. The molecule has 0 aliphatic heterocycles. The lowest BCUT2D eigenvalue weighted by Gasteiger charge is -2.24. The van der Waals surface area contributed by atoms with Gasteiger partial charge >= 0.3 is 0 Å². The Hall–Kier alpha value is -2.62. The van der Waals surface area contributed by atoms with Gasteiger partial charge in [-0.3, -0.25) is 14.4 Å². The molecule has 0 radical (unpaired) electrons. The Bertz CT molecular complexity index is 1060. The van der Waals surface area contributed by atoms with Gasteiger partial charge in [-0.15, -0.1) is 0 Å². The van der Waals surface area contributed by atoms with Crippen LogP contribution in [-0.2, 0) is 25.6 Å². The molecule has 4 heteroatoms. The third-order valence-electron chi connectivity index (χ3n) is 9.55. The summed E-state index contributed by atoms with van der Waals surface area (Å²) in [5.41, 5.74) is 3.92. The summed E-state index contributed by atoms with van der Waals surface area (Å²) >= 11 is 0. The predicted molar refractivity (Wildman–Crippen MR) is 187 cm³/mol. The van der Waals surface area contributed by atoms with E-state index in [9.17, 15) is 19.2 Å². The van der Waals surface area contributed by atoms with Crippen molar-refractivity contribution < 1.29 is 20.6 Å². The molecule has 44 heavy (non-hydrogen) atoms. The number of allylic oxidation sites excluding steroid dienone is 2. The summed E-state index contributed by atoms with van der Waals surface area (Å²) in [5.74, 6) is 1.66. The van der Waals surface area contributed by atoms with Gasteiger partial charge in [-0.1, -0.05) is 102 Å². The van der Waals surface area contributed by atoms with Crippen LogP contribution in [0, 0.1) is 29.6 Å². The standard InChI is InChI=1S/C20H32O3.C18H24O.C2H6.H2/c1-4-15(2)9-6-5-7-12-19(22)17-10-8-11-18(17)20(23)14-13-16(3)21;1-13(12-16-8-5-4-6-9-16)14(2)17-10-7-11-18(17)15(3)19;1-2;/h17-18H,2,4-14H2,1,3H3;4-6,8-9,13,17-18H,2,7,10-12H2,1,3H3;1-2H3;1H. The second-order valence-corrected chi connectivity index (χ2v) is 12.9. The highest BCUT2D eigenvalue weighted by Gasteiger charge is 2.36. The molecule has 4 nitrogen and oxygen atoms in total. The minimum absolute atomic E-state index is 0. The molecule has 2 aliphatic rings. The molecule has 2 fully saturated rings. The van der Waals surface area contributed by atoms with Gasteiger partial charge in [-0.2, -0.15) is 0 Å². The normalized spacial score (nSPS) is 21.2. The molecule has 2 saturated carbocycles. The molecule has 3 rings (SSSR count). The average Bonchev–Trinajstić information content (AvgIpc) is 3.72. The average molecular weight is 609 g/mol. The van der Waals surface area contributed by atoms with Gasteiger partial charge in [0.15, 0.2) is 0 Å². The maximum Gasteiger partial charge on any atom is 0.137 e. The summed E-state index contributed by atoms with van der Waals surface area (Å²) in [5, 5.41) is 0. The number of hydrogen-bond donors (Lipinski definition) is 0. The molecule has 2 aliphatic carbocycles. The molecule has 0 heterocycles. The minimum atomic E-state index is -0.123. The highest BCUT2D eigenvalue weighted by atomic mass is 16.1. The van der Waals surface area contributed by atoms with Crippen molar-refractivity contribution in [2.75, 3.05) is 0 Å². The van der Waals surface area contributed by atoms with E-state index >= 15 is 0 Å². The number of unbranched alkanes of at least 4 members (excludes halogenated alkanes) is 2. The van der Waals surface area contributed by atoms with Crippen molar-refractivity contribution >= 4 is 23.1 Å². The van der Waals surface area contributed by atoms with Crippen LogP contribution in [0.4, 0.5) is 0 Å². The van der Waals surface area contributed by atoms with E-state index in [0.29, 0.717) is 36.9 Å². The lowest BCUT2D eigenvalue weighted by Crippen LogP contribution is -2.25. The predicted octanol–water partition coefficient (Wildman–Crippen LogP) is 10.5. The maximum atomic E-state index is 12.4. The van der Waals surface area contributed by atoms with Crippen LogP contribution in [-0.4, -0.2) is 23.1 Å². The second-order valence-electron chi connectivity index (χ2n) is 12.9. The first kappa shape index (κ1) is 39.4. The number of carbonyl (C=O) groups excluding carboxylic acids is 4. The van der Waals surface area contributed by atoms with Crippen molar-refractivity contribution in [3.8, 4) is 0 Å². The van der Waals surface area contributed by atoms with Gasteiger partial charge in [0.2, 0.25) is 0 Å². The van der Waals surface area contributed by atoms with Gasteiger partial charge in [0.25, 0.3) is 0 Å². The van der Waals surface area contributed by atoms with Crippen LogP contribution in [0.25, 0.3) is 0 Å². The lowest BCUT2D eigenvalue weighted by atomic mass is 9.79. The zero-order valence-electron chi connectivity index (χ0n) is 28.9. The van der Waals surface area contributed by atoms with Gasteiger partial charge in [0.05, 0.1) is 0 Å². The van der Waals surface area contributed by atoms with E-state index in [1.807, 2.05) is 19.9 Å². The van der Waals surface area contributed by atoms with Crippen molar-refractivity contribution in [2.24, 2.45) is 29.6 Å². The van der Waals surface area contributed by atoms with Crippen LogP contribution in [0.2, 0.25) is 0 Å². The highest BCUT2D eigenvalue weighted by Crippen LogP contribution is 2.40. The van der Waals surface area contributed by atoms with Crippen molar-refractivity contribution in [2.45, 2.75) is 138 Å². The Morgan fingerprint density at radius 1 is 0.750 bits per heavy atom. The van der Waals surface area contributed by atoms with E-state index < -0.39 is 0 Å². The van der Waals surface area contributed by atoms with Crippen LogP contribution in [0.5, 0.6) is 0 Å². The third-order valence-corrected chi connectivity index (χ3v) is 9.55. The van der Waals surface area contributed by atoms with Crippen LogP contribution >= 0.6 is 0 Å². The summed E-state index contributed by atoms with van der Waals surface area (Å²) in [4.78, 5) is 47.4. The summed E-state index contributed by atoms with van der Waals surface area (Å²) in [7, 11) is 0. The van der Waals surface area contributed by atoms with Crippen LogP contribution in [0.3, 0.4) is 0 Å². The Morgan fingerprint density at radius 2 is 1.27 bits per heavy atom. The van der Waals surface area contributed by atoms with Crippen LogP contribution < -0.4 is 0 Å². The number of benzene rings is 1. The molecule has 0 N–H and O–H groups in total. The first-order valence-electron chi connectivity index (χ1n) is 17.5. The molecule has 0 spiro atoms. The van der Waals surface area contributed by atoms with Gasteiger partial charge in [-0.05, 0) is 89.0 Å². The fourth-order valence-corrected chi connectivity index (χ4v) is 6.78. The number of carbonyl (C=O) groups is 4. The monoisotopic (exact) mass is 608 g/mol. The number of ketones is 4.